The molecule has 0 radical (unpaired) electrons. The van der Waals surface area contributed by atoms with Crippen LogP contribution in [-0.2, 0) is 26.0 Å². The number of rotatable bonds is 4. The van der Waals surface area contributed by atoms with Crippen molar-refractivity contribution in [2.75, 3.05) is 43.1 Å². The van der Waals surface area contributed by atoms with E-state index in [0.29, 0.717) is 25.3 Å². The molecule has 1 atom stereocenters. The van der Waals surface area contributed by atoms with Crippen molar-refractivity contribution in [1.82, 2.24) is 9.62 Å². The molecule has 25 heavy (non-hydrogen) atoms. The van der Waals surface area contributed by atoms with Crippen LogP contribution in [0.25, 0.3) is 0 Å². The average molecular weight is 368 g/mol. The second-order valence-electron chi connectivity index (χ2n) is 6.05. The molecule has 2 aliphatic rings. The number of fused-ring (bicyclic) bond motifs is 1. The summed E-state index contributed by atoms with van der Waals surface area (Å²) in [6, 6.07) is 4.77. The summed E-state index contributed by atoms with van der Waals surface area (Å²) >= 11 is 0. The number of anilines is 2. The minimum atomic E-state index is -3.26. The zero-order valence-electron chi connectivity index (χ0n) is 13.7. The number of carbonyl (C=O) groups is 2. The Labute approximate surface area is 145 Å². The van der Waals surface area contributed by atoms with E-state index in [-0.39, 0.29) is 19.0 Å². The van der Waals surface area contributed by atoms with Gasteiger partial charge in [0.2, 0.25) is 15.9 Å². The van der Waals surface area contributed by atoms with Crippen molar-refractivity contribution in [1.29, 1.82) is 0 Å². The molecule has 136 valence electrons. The lowest BCUT2D eigenvalue weighted by atomic mass is 10.1. The van der Waals surface area contributed by atoms with Crippen LogP contribution in [0.2, 0.25) is 0 Å². The van der Waals surface area contributed by atoms with Crippen LogP contribution in [0.3, 0.4) is 0 Å². The molecular weight excluding hydrogens is 348 g/mol. The third-order valence-electron chi connectivity index (χ3n) is 4.05. The van der Waals surface area contributed by atoms with Gasteiger partial charge in [-0.25, -0.2) is 13.2 Å². The first kappa shape index (κ1) is 17.6. The summed E-state index contributed by atoms with van der Waals surface area (Å²) in [6.07, 6.45) is 1.06. The van der Waals surface area contributed by atoms with Gasteiger partial charge in [0.1, 0.15) is 0 Å². The number of morpholine rings is 1. The van der Waals surface area contributed by atoms with Crippen LogP contribution in [0.4, 0.5) is 16.2 Å². The van der Waals surface area contributed by atoms with E-state index in [2.05, 4.69) is 16.0 Å². The molecule has 0 saturated carbocycles. The number of amides is 3. The van der Waals surface area contributed by atoms with Crippen LogP contribution in [0.15, 0.2) is 18.2 Å². The van der Waals surface area contributed by atoms with Crippen molar-refractivity contribution in [3.8, 4) is 0 Å². The predicted octanol–water partition coefficient (Wildman–Crippen LogP) is -0.0369. The molecule has 0 aliphatic carbocycles. The Bertz CT molecular complexity index is 795. The lowest BCUT2D eigenvalue weighted by Gasteiger charge is -2.31. The zero-order valence-corrected chi connectivity index (χ0v) is 14.6. The van der Waals surface area contributed by atoms with E-state index >= 15 is 0 Å². The quantitative estimate of drug-likeness (QED) is 0.690. The lowest BCUT2D eigenvalue weighted by molar-refractivity contribution is -0.115. The predicted molar refractivity (Wildman–Crippen MR) is 92.0 cm³/mol. The second kappa shape index (κ2) is 6.98. The van der Waals surface area contributed by atoms with Gasteiger partial charge in [-0.2, -0.15) is 4.31 Å². The van der Waals surface area contributed by atoms with Crippen molar-refractivity contribution in [3.05, 3.63) is 23.8 Å². The average Bonchev–Trinajstić information content (AvgIpc) is 2.92. The number of nitrogens with zero attached hydrogens (tertiary/aromatic N) is 1. The van der Waals surface area contributed by atoms with Gasteiger partial charge in [-0.3, -0.25) is 4.79 Å². The molecule has 0 aromatic heterocycles. The van der Waals surface area contributed by atoms with E-state index in [9.17, 15) is 18.0 Å². The monoisotopic (exact) mass is 368 g/mol. The van der Waals surface area contributed by atoms with E-state index in [4.69, 9.17) is 4.74 Å². The largest absolute Gasteiger partial charge is 0.374 e. The van der Waals surface area contributed by atoms with Crippen LogP contribution in [0.5, 0.6) is 0 Å². The number of ether oxygens (including phenoxy) is 1. The number of hydrogen-bond acceptors (Lipinski definition) is 5. The van der Waals surface area contributed by atoms with Gasteiger partial charge in [-0.1, -0.05) is 0 Å². The number of benzene rings is 1. The molecule has 1 fully saturated rings. The Kier molecular flexibility index (Phi) is 4.93. The first-order valence-electron chi connectivity index (χ1n) is 7.85. The number of hydrogen-bond donors (Lipinski definition) is 3. The third kappa shape index (κ3) is 4.47. The van der Waals surface area contributed by atoms with Gasteiger partial charge in [0.25, 0.3) is 0 Å². The first-order chi connectivity index (χ1) is 11.8. The molecule has 1 unspecified atom stereocenters. The van der Waals surface area contributed by atoms with Gasteiger partial charge in [-0.15, -0.1) is 0 Å². The van der Waals surface area contributed by atoms with Gasteiger partial charge in [0.15, 0.2) is 0 Å². The highest BCUT2D eigenvalue weighted by Gasteiger charge is 2.26. The molecule has 1 saturated heterocycles. The Morgan fingerprint density at radius 2 is 2.24 bits per heavy atom. The molecule has 10 heteroatoms. The molecule has 2 heterocycles. The van der Waals surface area contributed by atoms with Crippen LogP contribution in [0.1, 0.15) is 5.56 Å². The molecule has 1 aromatic rings. The van der Waals surface area contributed by atoms with E-state index in [1.54, 1.807) is 18.2 Å². The zero-order chi connectivity index (χ0) is 18.0. The fourth-order valence-electron chi connectivity index (χ4n) is 2.81. The van der Waals surface area contributed by atoms with Crippen molar-refractivity contribution in [3.63, 3.8) is 0 Å². The van der Waals surface area contributed by atoms with Crippen LogP contribution in [-0.4, -0.2) is 63.3 Å². The Hall–Kier alpha value is -2.17. The minimum absolute atomic E-state index is 0.0681. The van der Waals surface area contributed by atoms with E-state index < -0.39 is 22.2 Å². The van der Waals surface area contributed by atoms with Crippen molar-refractivity contribution >= 4 is 33.3 Å². The molecule has 0 spiro atoms. The first-order valence-corrected chi connectivity index (χ1v) is 9.70. The maximum absolute atomic E-state index is 12.0. The van der Waals surface area contributed by atoms with E-state index in [0.717, 1.165) is 17.5 Å². The van der Waals surface area contributed by atoms with E-state index in [1.807, 2.05) is 0 Å². The summed E-state index contributed by atoms with van der Waals surface area (Å²) in [5.74, 6) is -0.0681. The maximum atomic E-state index is 12.0. The molecule has 0 bridgehead atoms. The van der Waals surface area contributed by atoms with Crippen molar-refractivity contribution < 1.29 is 22.7 Å². The summed E-state index contributed by atoms with van der Waals surface area (Å²) in [4.78, 5) is 23.3. The number of urea groups is 1. The lowest BCUT2D eigenvalue weighted by Crippen LogP contribution is -2.49. The summed E-state index contributed by atoms with van der Waals surface area (Å²) in [7, 11) is -3.26. The van der Waals surface area contributed by atoms with Crippen molar-refractivity contribution in [2.24, 2.45) is 0 Å². The molecule has 3 amide bonds. The molecule has 3 rings (SSSR count). The summed E-state index contributed by atoms with van der Waals surface area (Å²) in [6.45, 7) is 1.03. The molecule has 3 N–H and O–H groups in total. The van der Waals surface area contributed by atoms with Gasteiger partial charge in [-0.05, 0) is 23.8 Å². The SMILES string of the molecule is CS(=O)(=O)N1CCOC(CNC(=O)Nc2ccc3c(c2)CC(=O)N3)C1. The van der Waals surface area contributed by atoms with Gasteiger partial charge in [0, 0.05) is 31.0 Å². The number of carbonyl (C=O) groups excluding carboxylic acids is 2. The third-order valence-corrected chi connectivity index (χ3v) is 5.32. The fraction of sp³-hybridized carbons (Fsp3) is 0.467. The molecule has 2 aliphatic heterocycles. The second-order valence-corrected chi connectivity index (χ2v) is 8.03. The molecular formula is C15H20N4O5S. The highest BCUT2D eigenvalue weighted by atomic mass is 32.2. The normalized spacial score (nSPS) is 20.7. The van der Waals surface area contributed by atoms with Gasteiger partial charge < -0.3 is 20.7 Å². The van der Waals surface area contributed by atoms with E-state index in [1.165, 1.54) is 4.31 Å². The molecule has 1 aromatic carbocycles. The smallest absolute Gasteiger partial charge is 0.319 e. The summed E-state index contributed by atoms with van der Waals surface area (Å²) in [5, 5.41) is 8.09. The highest BCUT2D eigenvalue weighted by Crippen LogP contribution is 2.25. The standard InChI is InChI=1S/C15H20N4O5S/c1-25(22,23)19-4-5-24-12(9-19)8-16-15(21)17-11-2-3-13-10(6-11)7-14(20)18-13/h2-3,6,12H,4-5,7-9H2,1H3,(H,18,20)(H2,16,17,21). The topological polar surface area (TPSA) is 117 Å². The van der Waals surface area contributed by atoms with Crippen LogP contribution in [0, 0.1) is 0 Å². The van der Waals surface area contributed by atoms with Gasteiger partial charge in [0.05, 0.1) is 25.4 Å². The Morgan fingerprint density at radius 3 is 3.00 bits per heavy atom. The maximum Gasteiger partial charge on any atom is 0.319 e. The fourth-order valence-corrected chi connectivity index (χ4v) is 3.65. The number of nitrogens with one attached hydrogen (secondary N) is 3. The summed E-state index contributed by atoms with van der Waals surface area (Å²) < 4.78 is 30.0. The van der Waals surface area contributed by atoms with Gasteiger partial charge >= 0.3 is 6.03 Å². The van der Waals surface area contributed by atoms with Crippen LogP contribution >= 0.6 is 0 Å². The van der Waals surface area contributed by atoms with Crippen molar-refractivity contribution in [2.45, 2.75) is 12.5 Å². The highest BCUT2D eigenvalue weighted by molar-refractivity contribution is 7.88. The minimum Gasteiger partial charge on any atom is -0.374 e. The number of sulfonamides is 1. The molecule has 9 nitrogen and oxygen atoms in total. The Morgan fingerprint density at radius 1 is 1.44 bits per heavy atom. The van der Waals surface area contributed by atoms with Crippen LogP contribution < -0.4 is 16.0 Å². The Balaban J connectivity index is 1.50. The summed E-state index contributed by atoms with van der Waals surface area (Å²) in [5.41, 5.74) is 2.17.